The van der Waals surface area contributed by atoms with Crippen molar-refractivity contribution in [2.45, 2.75) is 75.9 Å². The summed E-state index contributed by atoms with van der Waals surface area (Å²) in [6.07, 6.45) is 15.3. The van der Waals surface area contributed by atoms with Crippen LogP contribution in [0.5, 0.6) is 0 Å². The lowest BCUT2D eigenvalue weighted by Crippen LogP contribution is -2.50. The average Bonchev–Trinajstić information content (AvgIpc) is 3.00. The summed E-state index contributed by atoms with van der Waals surface area (Å²) in [6, 6.07) is 0.124. The summed E-state index contributed by atoms with van der Waals surface area (Å²) < 4.78 is 32.5. The molecule has 0 radical (unpaired) electrons. The van der Waals surface area contributed by atoms with Crippen molar-refractivity contribution in [3.63, 3.8) is 0 Å². The fourth-order valence-corrected chi connectivity index (χ4v) is 7.30. The van der Waals surface area contributed by atoms with Gasteiger partial charge in [-0.15, -0.1) is 0 Å². The Morgan fingerprint density at radius 1 is 1.12 bits per heavy atom. The zero-order valence-corrected chi connectivity index (χ0v) is 27.1. The summed E-state index contributed by atoms with van der Waals surface area (Å²) in [6.45, 7) is 9.36. The van der Waals surface area contributed by atoms with Gasteiger partial charge >= 0.3 is 0 Å². The minimum atomic E-state index is -3.35. The quantitative estimate of drug-likeness (QED) is 0.301. The first kappa shape index (κ1) is 33.7. The van der Waals surface area contributed by atoms with Crippen molar-refractivity contribution in [3.8, 4) is 0 Å². The second-order valence-electron chi connectivity index (χ2n) is 11.7. The van der Waals surface area contributed by atoms with E-state index in [4.69, 9.17) is 16.3 Å². The molecular weight excluding hydrogens is 590 g/mol. The molecule has 1 saturated carbocycles. The van der Waals surface area contributed by atoms with Crippen molar-refractivity contribution in [1.29, 1.82) is 0 Å². The number of sulfonamides is 1. The minimum Gasteiger partial charge on any atom is -0.494 e. The minimum absolute atomic E-state index is 0.139. The number of ether oxygens (including phenoxy) is 1. The number of aliphatic hydroxyl groups is 1. The number of rotatable bonds is 10. The second kappa shape index (κ2) is 16.2. The molecule has 3 atom stereocenters. The highest BCUT2D eigenvalue weighted by atomic mass is 35.5. The van der Waals surface area contributed by atoms with E-state index in [1.807, 2.05) is 6.08 Å². The maximum Gasteiger partial charge on any atom is 0.229 e. The first-order chi connectivity index (χ1) is 20.7. The van der Waals surface area contributed by atoms with Crippen LogP contribution in [0.3, 0.4) is 0 Å². The maximum atomic E-state index is 11.9. The molecule has 1 aromatic rings. The Bertz CT molecular complexity index is 1250. The van der Waals surface area contributed by atoms with Crippen LogP contribution in [0.1, 0.15) is 57.8 Å². The molecule has 2 fully saturated rings. The van der Waals surface area contributed by atoms with Crippen molar-refractivity contribution >= 4 is 33.4 Å². The normalized spacial score (nSPS) is 26.0. The molecule has 240 valence electrons. The van der Waals surface area contributed by atoms with Gasteiger partial charge in [0.2, 0.25) is 16.0 Å². The Morgan fingerprint density at radius 2 is 1.86 bits per heavy atom. The van der Waals surface area contributed by atoms with E-state index >= 15 is 0 Å². The van der Waals surface area contributed by atoms with Crippen LogP contribution in [0.25, 0.3) is 0 Å². The van der Waals surface area contributed by atoms with E-state index in [9.17, 15) is 13.5 Å². The Hall–Kier alpha value is -2.22. The predicted molar refractivity (Wildman–Crippen MR) is 173 cm³/mol. The lowest BCUT2D eigenvalue weighted by molar-refractivity contribution is 0.0769. The van der Waals surface area contributed by atoms with Gasteiger partial charge in [0.1, 0.15) is 10.8 Å². The Morgan fingerprint density at radius 3 is 2.56 bits per heavy atom. The largest absolute Gasteiger partial charge is 0.494 e. The van der Waals surface area contributed by atoms with Crippen molar-refractivity contribution < 1.29 is 18.3 Å². The van der Waals surface area contributed by atoms with E-state index in [2.05, 4.69) is 47.8 Å². The van der Waals surface area contributed by atoms with E-state index < -0.39 is 10.0 Å². The molecule has 1 aromatic heterocycles. The molecule has 1 unspecified atom stereocenters. The summed E-state index contributed by atoms with van der Waals surface area (Å²) in [4.78, 5) is 14.0. The first-order valence-electron chi connectivity index (χ1n) is 15.4. The van der Waals surface area contributed by atoms with Crippen LogP contribution in [-0.2, 0) is 14.8 Å². The number of hydrogen-bond acceptors (Lipinski definition) is 10. The number of aliphatic hydroxyl groups excluding tert-OH is 1. The van der Waals surface area contributed by atoms with Gasteiger partial charge in [-0.05, 0) is 56.6 Å². The van der Waals surface area contributed by atoms with E-state index in [0.29, 0.717) is 28.6 Å². The lowest BCUT2D eigenvalue weighted by Gasteiger charge is -2.39. The topological polar surface area (TPSA) is 132 Å². The summed E-state index contributed by atoms with van der Waals surface area (Å²) >= 11 is 6.49. The van der Waals surface area contributed by atoms with Crippen LogP contribution >= 0.6 is 11.6 Å². The molecule has 3 aliphatic rings. The van der Waals surface area contributed by atoms with Crippen LogP contribution in [0, 0.1) is 0 Å². The van der Waals surface area contributed by atoms with Gasteiger partial charge in [0.05, 0.1) is 31.9 Å². The molecule has 1 saturated heterocycles. The van der Waals surface area contributed by atoms with Gasteiger partial charge in [0.25, 0.3) is 0 Å². The fourth-order valence-electron chi connectivity index (χ4n) is 6.32. The molecule has 2 heterocycles. The van der Waals surface area contributed by atoms with Crippen LogP contribution in [0.4, 0.5) is 11.8 Å². The van der Waals surface area contributed by atoms with E-state index in [0.717, 1.165) is 102 Å². The van der Waals surface area contributed by atoms with Crippen molar-refractivity contribution in [3.05, 3.63) is 47.0 Å². The molecule has 0 amide bonds. The molecule has 43 heavy (non-hydrogen) atoms. The van der Waals surface area contributed by atoms with Crippen LogP contribution < -0.4 is 15.4 Å². The molecule has 4 N–H and O–H groups in total. The van der Waals surface area contributed by atoms with E-state index in [1.54, 1.807) is 13.3 Å². The highest BCUT2D eigenvalue weighted by Gasteiger charge is 2.29. The molecule has 0 bridgehead atoms. The number of halogens is 1. The SMILES string of the molecule is C=C1CCCC(N2CCN(CCO)CC2)CC/C=C\C(Nc2ncc(Cl)c(N[C@@H]3CCCC[C@H]3NS(C)(=O)=O)n2)=C1OC. The van der Waals surface area contributed by atoms with Gasteiger partial charge in [-0.25, -0.2) is 18.1 Å². The number of aromatic nitrogens is 2. The third kappa shape index (κ3) is 10.2. The van der Waals surface area contributed by atoms with E-state index in [1.165, 1.54) is 6.26 Å². The summed E-state index contributed by atoms with van der Waals surface area (Å²) in [5.41, 5.74) is 1.64. The highest BCUT2D eigenvalue weighted by Crippen LogP contribution is 2.29. The molecule has 0 aromatic carbocycles. The fraction of sp³-hybridized carbons (Fsp3) is 0.667. The molecule has 13 heteroatoms. The number of nitrogens with one attached hydrogen (secondary N) is 3. The van der Waals surface area contributed by atoms with Crippen LogP contribution in [0.15, 0.2) is 42.0 Å². The zero-order valence-electron chi connectivity index (χ0n) is 25.5. The molecular formula is C30H48ClN7O4S. The van der Waals surface area contributed by atoms with Crippen molar-refractivity contribution in [2.24, 2.45) is 0 Å². The Labute approximate surface area is 261 Å². The first-order valence-corrected chi connectivity index (χ1v) is 17.7. The second-order valence-corrected chi connectivity index (χ2v) is 13.9. The number of nitrogens with zero attached hydrogens (tertiary/aromatic N) is 4. The summed E-state index contributed by atoms with van der Waals surface area (Å²) in [5, 5.41) is 16.3. The van der Waals surface area contributed by atoms with Gasteiger partial charge in [0, 0.05) is 50.8 Å². The number of piperazine rings is 1. The van der Waals surface area contributed by atoms with E-state index in [-0.39, 0.29) is 18.7 Å². The molecule has 4 rings (SSSR count). The number of hydrogen-bond donors (Lipinski definition) is 4. The molecule has 11 nitrogen and oxygen atoms in total. The Balaban J connectivity index is 1.47. The predicted octanol–water partition coefficient (Wildman–Crippen LogP) is 3.73. The smallest absolute Gasteiger partial charge is 0.229 e. The van der Waals surface area contributed by atoms with Gasteiger partial charge in [-0.1, -0.05) is 37.1 Å². The van der Waals surface area contributed by atoms with Gasteiger partial charge < -0.3 is 20.5 Å². The summed E-state index contributed by atoms with van der Waals surface area (Å²) in [5.74, 6) is 1.48. The Kier molecular flexibility index (Phi) is 12.7. The molecule has 2 aliphatic carbocycles. The summed E-state index contributed by atoms with van der Waals surface area (Å²) in [7, 11) is -1.70. The maximum absolute atomic E-state index is 11.9. The number of allylic oxidation sites excluding steroid dienone is 3. The van der Waals surface area contributed by atoms with Crippen molar-refractivity contribution in [1.82, 2.24) is 24.5 Å². The number of methoxy groups -OCH3 is 1. The van der Waals surface area contributed by atoms with Gasteiger partial charge in [-0.2, -0.15) is 4.98 Å². The number of β-amino-alcohol motifs (C(OH)–C–C–N with tert-alkyl or cyclic N) is 1. The van der Waals surface area contributed by atoms with Gasteiger partial charge in [0.15, 0.2) is 5.82 Å². The highest BCUT2D eigenvalue weighted by molar-refractivity contribution is 7.88. The third-order valence-corrected chi connectivity index (χ3v) is 9.53. The van der Waals surface area contributed by atoms with Crippen LogP contribution in [0.2, 0.25) is 5.02 Å². The lowest BCUT2D eigenvalue weighted by atomic mass is 9.91. The molecule has 1 aliphatic heterocycles. The standard InChI is InChI=1S/C30H48ClN7O4S/c1-22-9-8-11-23(38-17-15-37(16-18-38)19-20-39)10-4-5-14-27(28(22)42-2)34-30-32-21-24(31)29(35-30)33-25-12-6-7-13-26(25)36-43(3,40)41/h5,14,21,23,25-26,36,39H,1,4,6-13,15-20H2,2-3H3,(H2,32,33,34,35)/b14-5-,28-27?/t23?,25-,26-/m1/s1. The monoisotopic (exact) mass is 637 g/mol. The van der Waals surface area contributed by atoms with Gasteiger partial charge in [-0.3, -0.25) is 9.80 Å². The number of anilines is 2. The van der Waals surface area contributed by atoms with Crippen LogP contribution in [-0.4, -0.2) is 104 Å². The average molecular weight is 638 g/mol. The zero-order chi connectivity index (χ0) is 30.8. The molecule has 0 spiro atoms. The third-order valence-electron chi connectivity index (χ3n) is 8.52. The van der Waals surface area contributed by atoms with Crippen molar-refractivity contribution in [2.75, 3.05) is 63.3 Å².